The molecule has 0 aromatic heterocycles. The van der Waals surface area contributed by atoms with Crippen LogP contribution in [0.5, 0.6) is 0 Å². The van der Waals surface area contributed by atoms with Gasteiger partial charge in [-0.1, -0.05) is 50.2 Å². The molecule has 1 aromatic rings. The van der Waals surface area contributed by atoms with Crippen molar-refractivity contribution in [1.29, 1.82) is 0 Å². The zero-order chi connectivity index (χ0) is 11.4. The van der Waals surface area contributed by atoms with Crippen LogP contribution in [-0.4, -0.2) is 17.0 Å². The van der Waals surface area contributed by atoms with Gasteiger partial charge in [-0.15, -0.1) is 0 Å². The van der Waals surface area contributed by atoms with Gasteiger partial charge in [0.1, 0.15) is 0 Å². The summed E-state index contributed by atoms with van der Waals surface area (Å²) in [5, 5.41) is 5.12. The number of anilines is 1. The fourth-order valence-corrected chi connectivity index (χ4v) is 2.64. The molecule has 1 atom stereocenters. The summed E-state index contributed by atoms with van der Waals surface area (Å²) < 4.78 is 0. The number of benzene rings is 1. The van der Waals surface area contributed by atoms with Crippen LogP contribution >= 0.6 is 11.8 Å². The summed E-state index contributed by atoms with van der Waals surface area (Å²) in [5.74, 6) is 0. The molecule has 16 heavy (non-hydrogen) atoms. The van der Waals surface area contributed by atoms with E-state index in [-0.39, 0.29) is 0 Å². The molecule has 1 aromatic carbocycles. The van der Waals surface area contributed by atoms with E-state index in [2.05, 4.69) is 48.4 Å². The van der Waals surface area contributed by atoms with Gasteiger partial charge in [-0.2, -0.15) is 0 Å². The summed E-state index contributed by atoms with van der Waals surface area (Å²) in [6.07, 6.45) is 2.30. The number of nitrogens with zero attached hydrogens (tertiary/aromatic N) is 1. The highest BCUT2D eigenvalue weighted by Gasteiger charge is 2.15. The van der Waals surface area contributed by atoms with Crippen LogP contribution in [-0.2, 0) is 6.42 Å². The summed E-state index contributed by atoms with van der Waals surface area (Å²) in [6.45, 7) is 5.35. The van der Waals surface area contributed by atoms with Crippen LogP contribution in [0.3, 0.4) is 0 Å². The molecule has 0 saturated carbocycles. The van der Waals surface area contributed by atoms with Gasteiger partial charge in [0.15, 0.2) is 5.17 Å². The fourth-order valence-electron chi connectivity index (χ4n) is 1.79. The number of nitrogens with one attached hydrogen (secondary N) is 1. The van der Waals surface area contributed by atoms with E-state index < -0.39 is 0 Å². The summed E-state index contributed by atoms with van der Waals surface area (Å²) in [6, 6.07) is 8.50. The van der Waals surface area contributed by atoms with Gasteiger partial charge in [-0.05, 0) is 18.1 Å². The minimum atomic E-state index is 0.612. The lowest BCUT2D eigenvalue weighted by Gasteiger charge is -2.10. The van der Waals surface area contributed by atoms with Crippen molar-refractivity contribution in [2.75, 3.05) is 11.9 Å². The number of hydrogen-bond acceptors (Lipinski definition) is 3. The minimum Gasteiger partial charge on any atom is -0.335 e. The lowest BCUT2D eigenvalue weighted by atomic mass is 10.1. The first-order chi connectivity index (χ1) is 7.79. The molecule has 0 radical (unpaired) electrons. The highest BCUT2D eigenvalue weighted by Crippen LogP contribution is 2.24. The molecule has 0 saturated heterocycles. The molecule has 1 aliphatic heterocycles. The molecule has 3 heteroatoms. The molecular weight excluding hydrogens is 216 g/mol. The predicted octanol–water partition coefficient (Wildman–Crippen LogP) is 3.54. The molecule has 1 heterocycles. The van der Waals surface area contributed by atoms with Gasteiger partial charge in [0, 0.05) is 10.9 Å². The van der Waals surface area contributed by atoms with Crippen molar-refractivity contribution in [3.05, 3.63) is 29.8 Å². The number of hydrogen-bond donors (Lipinski definition) is 1. The Morgan fingerprint density at radius 2 is 2.25 bits per heavy atom. The third kappa shape index (κ3) is 2.79. The van der Waals surface area contributed by atoms with Crippen LogP contribution in [0.15, 0.2) is 29.3 Å². The minimum absolute atomic E-state index is 0.612. The molecule has 2 rings (SSSR count). The van der Waals surface area contributed by atoms with Crippen LogP contribution in [0.2, 0.25) is 0 Å². The Bertz CT molecular complexity index is 387. The monoisotopic (exact) mass is 234 g/mol. The summed E-state index contributed by atoms with van der Waals surface area (Å²) in [4.78, 5) is 4.48. The molecule has 0 spiro atoms. The van der Waals surface area contributed by atoms with Gasteiger partial charge < -0.3 is 5.32 Å². The number of aliphatic imine (C=N–C) groups is 1. The summed E-state index contributed by atoms with van der Waals surface area (Å²) in [7, 11) is 0. The number of para-hydroxylation sites is 1. The van der Waals surface area contributed by atoms with E-state index >= 15 is 0 Å². The predicted molar refractivity (Wildman–Crippen MR) is 73.4 cm³/mol. The van der Waals surface area contributed by atoms with Crippen molar-refractivity contribution >= 4 is 22.6 Å². The smallest absolute Gasteiger partial charge is 0.161 e. The SMILES string of the molecule is CCCc1ccccc1NC1=NCC(C)S1. The zero-order valence-electron chi connectivity index (χ0n) is 9.86. The van der Waals surface area contributed by atoms with E-state index in [1.807, 2.05) is 11.8 Å². The summed E-state index contributed by atoms with van der Waals surface area (Å²) in [5.41, 5.74) is 2.59. The van der Waals surface area contributed by atoms with E-state index in [1.54, 1.807) is 0 Å². The highest BCUT2D eigenvalue weighted by atomic mass is 32.2. The lowest BCUT2D eigenvalue weighted by molar-refractivity contribution is 0.924. The van der Waals surface area contributed by atoms with Crippen LogP contribution in [0, 0.1) is 0 Å². The van der Waals surface area contributed by atoms with Crippen molar-refractivity contribution < 1.29 is 0 Å². The molecule has 2 nitrogen and oxygen atoms in total. The molecule has 0 amide bonds. The number of amidine groups is 1. The normalized spacial score (nSPS) is 19.6. The Hall–Kier alpha value is -0.960. The van der Waals surface area contributed by atoms with Crippen molar-refractivity contribution in [1.82, 2.24) is 0 Å². The molecule has 86 valence electrons. The number of rotatable bonds is 3. The Morgan fingerprint density at radius 3 is 2.94 bits per heavy atom. The van der Waals surface area contributed by atoms with Gasteiger partial charge in [0.05, 0.1) is 6.54 Å². The van der Waals surface area contributed by atoms with Crippen molar-refractivity contribution in [2.24, 2.45) is 4.99 Å². The van der Waals surface area contributed by atoms with E-state index in [4.69, 9.17) is 0 Å². The third-order valence-corrected chi connectivity index (χ3v) is 3.59. The first-order valence-corrected chi connectivity index (χ1v) is 6.73. The Labute approximate surface area is 102 Å². The maximum Gasteiger partial charge on any atom is 0.161 e. The average Bonchev–Trinajstić information content (AvgIpc) is 2.67. The second kappa shape index (κ2) is 5.39. The van der Waals surface area contributed by atoms with Crippen LogP contribution in [0.1, 0.15) is 25.8 Å². The quantitative estimate of drug-likeness (QED) is 0.865. The van der Waals surface area contributed by atoms with Gasteiger partial charge in [0.25, 0.3) is 0 Å². The van der Waals surface area contributed by atoms with Crippen LogP contribution in [0.25, 0.3) is 0 Å². The number of thioether (sulfide) groups is 1. The van der Waals surface area contributed by atoms with E-state index in [0.29, 0.717) is 5.25 Å². The molecule has 1 aliphatic rings. The van der Waals surface area contributed by atoms with E-state index in [1.165, 1.54) is 17.7 Å². The standard InChI is InChI=1S/C13H18N2S/c1-3-6-11-7-4-5-8-12(11)15-13-14-9-10(2)16-13/h4-5,7-8,10H,3,6,9H2,1-2H3,(H,14,15). The Kier molecular flexibility index (Phi) is 3.88. The van der Waals surface area contributed by atoms with Crippen LogP contribution < -0.4 is 5.32 Å². The van der Waals surface area contributed by atoms with Crippen LogP contribution in [0.4, 0.5) is 5.69 Å². The Balaban J connectivity index is 2.08. The maximum absolute atomic E-state index is 4.48. The first-order valence-electron chi connectivity index (χ1n) is 5.85. The third-order valence-electron chi connectivity index (χ3n) is 2.58. The van der Waals surface area contributed by atoms with Gasteiger partial charge in [-0.25, -0.2) is 0 Å². The first kappa shape index (κ1) is 11.5. The molecule has 1 N–H and O–H groups in total. The van der Waals surface area contributed by atoms with Crippen molar-refractivity contribution in [3.63, 3.8) is 0 Å². The maximum atomic E-state index is 4.48. The van der Waals surface area contributed by atoms with Gasteiger partial charge in [0.2, 0.25) is 0 Å². The Morgan fingerprint density at radius 1 is 1.44 bits per heavy atom. The molecular formula is C13H18N2S. The van der Waals surface area contributed by atoms with E-state index in [0.717, 1.165) is 18.1 Å². The summed E-state index contributed by atoms with van der Waals surface area (Å²) >= 11 is 1.83. The number of aryl methyl sites for hydroxylation is 1. The second-order valence-electron chi connectivity index (χ2n) is 4.11. The topological polar surface area (TPSA) is 24.4 Å². The fraction of sp³-hybridized carbons (Fsp3) is 0.462. The molecule has 0 fully saturated rings. The zero-order valence-corrected chi connectivity index (χ0v) is 10.7. The van der Waals surface area contributed by atoms with Gasteiger partial charge >= 0.3 is 0 Å². The highest BCUT2D eigenvalue weighted by molar-refractivity contribution is 8.15. The molecule has 0 bridgehead atoms. The average molecular weight is 234 g/mol. The molecule has 0 aliphatic carbocycles. The van der Waals surface area contributed by atoms with E-state index in [9.17, 15) is 0 Å². The van der Waals surface area contributed by atoms with Crippen molar-refractivity contribution in [3.8, 4) is 0 Å². The van der Waals surface area contributed by atoms with Gasteiger partial charge in [-0.3, -0.25) is 4.99 Å². The van der Waals surface area contributed by atoms with Crippen molar-refractivity contribution in [2.45, 2.75) is 31.9 Å². The second-order valence-corrected chi connectivity index (χ2v) is 5.53. The lowest BCUT2D eigenvalue weighted by Crippen LogP contribution is -2.08. The molecule has 1 unspecified atom stereocenters. The largest absolute Gasteiger partial charge is 0.335 e.